The average molecular weight is 352 g/mol. The van der Waals surface area contributed by atoms with E-state index in [1.54, 1.807) is 0 Å². The highest BCUT2D eigenvalue weighted by Crippen LogP contribution is 2.21. The summed E-state index contributed by atoms with van der Waals surface area (Å²) in [7, 11) is 0. The second-order valence-corrected chi connectivity index (χ2v) is 5.70. The van der Waals surface area contributed by atoms with E-state index < -0.39 is 0 Å². The number of anilines is 1. The predicted octanol–water partition coefficient (Wildman–Crippen LogP) is 2.11. The van der Waals surface area contributed by atoms with Gasteiger partial charge in [-0.15, -0.1) is 12.4 Å². The molecule has 0 spiro atoms. The Morgan fingerprint density at radius 2 is 2.00 bits per heavy atom. The number of hydrogen-bond acceptors (Lipinski definition) is 5. The number of nitrogens with one attached hydrogen (secondary N) is 2. The lowest BCUT2D eigenvalue weighted by Gasteiger charge is -2.21. The van der Waals surface area contributed by atoms with Crippen LogP contribution in [0.5, 0.6) is 0 Å². The lowest BCUT2D eigenvalue weighted by atomic mass is 9.96. The normalized spacial score (nSPS) is 14.9. The van der Waals surface area contributed by atoms with Gasteiger partial charge >= 0.3 is 0 Å². The van der Waals surface area contributed by atoms with Crippen LogP contribution >= 0.6 is 12.4 Å². The van der Waals surface area contributed by atoms with Gasteiger partial charge in [0.2, 0.25) is 5.91 Å². The first kappa shape index (κ1) is 18.4. The van der Waals surface area contributed by atoms with E-state index in [9.17, 15) is 4.79 Å². The van der Waals surface area contributed by atoms with E-state index in [1.807, 2.05) is 24.3 Å². The summed E-state index contributed by atoms with van der Waals surface area (Å²) < 4.78 is 5.31. The molecule has 24 heavy (non-hydrogen) atoms. The molecule has 2 aromatic rings. The van der Waals surface area contributed by atoms with Gasteiger partial charge in [-0.3, -0.25) is 9.89 Å². The third kappa shape index (κ3) is 4.77. The number of aromatic nitrogens is 3. The number of hydrogen-bond donors (Lipinski definition) is 3. The lowest BCUT2D eigenvalue weighted by molar-refractivity contribution is -0.117. The van der Waals surface area contributed by atoms with Crippen molar-refractivity contribution in [3.05, 3.63) is 30.1 Å². The number of aromatic amines is 1. The van der Waals surface area contributed by atoms with Crippen molar-refractivity contribution in [3.63, 3.8) is 0 Å². The van der Waals surface area contributed by atoms with E-state index in [-0.39, 0.29) is 18.3 Å². The van der Waals surface area contributed by atoms with Crippen molar-refractivity contribution in [2.45, 2.75) is 25.8 Å². The van der Waals surface area contributed by atoms with Crippen LogP contribution in [-0.4, -0.2) is 34.3 Å². The molecule has 8 heteroatoms. The summed E-state index contributed by atoms with van der Waals surface area (Å²) in [5.41, 5.74) is 7.16. The highest BCUT2D eigenvalue weighted by atomic mass is 35.5. The van der Waals surface area contributed by atoms with Gasteiger partial charge in [0.25, 0.3) is 0 Å². The monoisotopic (exact) mass is 351 g/mol. The summed E-state index contributed by atoms with van der Waals surface area (Å²) in [5.74, 6) is 1.72. The van der Waals surface area contributed by atoms with Gasteiger partial charge in [-0.1, -0.05) is 0 Å². The van der Waals surface area contributed by atoms with Crippen molar-refractivity contribution < 1.29 is 9.53 Å². The first-order chi connectivity index (χ1) is 11.2. The first-order valence-electron chi connectivity index (χ1n) is 7.84. The van der Waals surface area contributed by atoms with Gasteiger partial charge in [0.15, 0.2) is 5.82 Å². The van der Waals surface area contributed by atoms with Crippen molar-refractivity contribution in [3.8, 4) is 11.4 Å². The Bertz CT molecular complexity index is 653. The Morgan fingerprint density at radius 3 is 2.62 bits per heavy atom. The molecule has 0 unspecified atom stereocenters. The number of benzene rings is 1. The van der Waals surface area contributed by atoms with Crippen LogP contribution in [0.4, 0.5) is 5.69 Å². The quantitative estimate of drug-likeness (QED) is 0.765. The lowest BCUT2D eigenvalue weighted by Crippen LogP contribution is -2.22. The fourth-order valence-corrected chi connectivity index (χ4v) is 2.64. The molecule has 0 radical (unpaired) electrons. The maximum Gasteiger partial charge on any atom is 0.224 e. The number of amides is 1. The van der Waals surface area contributed by atoms with Crippen LogP contribution in [-0.2, 0) is 16.1 Å². The molecule has 1 fully saturated rings. The van der Waals surface area contributed by atoms with Crippen LogP contribution in [0.1, 0.15) is 25.1 Å². The Labute approximate surface area is 146 Å². The zero-order valence-electron chi connectivity index (χ0n) is 13.3. The third-order valence-electron chi connectivity index (χ3n) is 3.97. The summed E-state index contributed by atoms with van der Waals surface area (Å²) in [5, 5.41) is 9.83. The highest BCUT2D eigenvalue weighted by molar-refractivity contribution is 5.91. The summed E-state index contributed by atoms with van der Waals surface area (Å²) in [4.78, 5) is 16.4. The second-order valence-electron chi connectivity index (χ2n) is 5.70. The van der Waals surface area contributed by atoms with Crippen LogP contribution in [0.2, 0.25) is 0 Å². The van der Waals surface area contributed by atoms with Crippen molar-refractivity contribution in [2.24, 2.45) is 11.7 Å². The Hall–Kier alpha value is -1.96. The van der Waals surface area contributed by atoms with Gasteiger partial charge in [-0.05, 0) is 43.0 Å². The molecule has 0 saturated carbocycles. The SMILES string of the molecule is Cl.NCc1nc(-c2ccc(NC(=O)CC3CCOCC3)cc2)n[nH]1. The topological polar surface area (TPSA) is 106 Å². The van der Waals surface area contributed by atoms with Crippen LogP contribution in [0.3, 0.4) is 0 Å². The molecule has 7 nitrogen and oxygen atoms in total. The van der Waals surface area contributed by atoms with E-state index in [1.165, 1.54) is 0 Å². The van der Waals surface area contributed by atoms with Crippen molar-refractivity contribution in [1.29, 1.82) is 0 Å². The zero-order chi connectivity index (χ0) is 16.1. The van der Waals surface area contributed by atoms with E-state index in [0.29, 0.717) is 30.5 Å². The maximum atomic E-state index is 12.1. The van der Waals surface area contributed by atoms with Crippen molar-refractivity contribution >= 4 is 24.0 Å². The molecule has 0 aliphatic carbocycles. The summed E-state index contributed by atoms with van der Waals surface area (Å²) >= 11 is 0. The second kappa shape index (κ2) is 8.77. The Morgan fingerprint density at radius 1 is 1.29 bits per heavy atom. The van der Waals surface area contributed by atoms with E-state index in [4.69, 9.17) is 10.5 Å². The minimum Gasteiger partial charge on any atom is -0.381 e. The summed E-state index contributed by atoms with van der Waals surface area (Å²) in [6.45, 7) is 1.84. The van der Waals surface area contributed by atoms with E-state index >= 15 is 0 Å². The number of halogens is 1. The van der Waals surface area contributed by atoms with Gasteiger partial charge in [0.1, 0.15) is 5.82 Å². The number of H-pyrrole nitrogens is 1. The van der Waals surface area contributed by atoms with Crippen LogP contribution < -0.4 is 11.1 Å². The zero-order valence-corrected chi connectivity index (χ0v) is 14.1. The molecule has 3 rings (SSSR count). The smallest absolute Gasteiger partial charge is 0.224 e. The van der Waals surface area contributed by atoms with Crippen LogP contribution in [0, 0.1) is 5.92 Å². The number of carbonyl (C=O) groups excluding carboxylic acids is 1. The fraction of sp³-hybridized carbons (Fsp3) is 0.438. The molecule has 1 saturated heterocycles. The largest absolute Gasteiger partial charge is 0.381 e. The third-order valence-corrected chi connectivity index (χ3v) is 3.97. The maximum absolute atomic E-state index is 12.1. The summed E-state index contributed by atoms with van der Waals surface area (Å²) in [6.07, 6.45) is 2.47. The number of nitrogens with two attached hydrogens (primary N) is 1. The molecule has 2 heterocycles. The predicted molar refractivity (Wildman–Crippen MR) is 93.7 cm³/mol. The molecule has 1 amide bonds. The fourth-order valence-electron chi connectivity index (χ4n) is 2.64. The van der Waals surface area contributed by atoms with Crippen LogP contribution in [0.15, 0.2) is 24.3 Å². The standard InChI is InChI=1S/C16H21N5O2.ClH/c17-10-14-19-16(21-20-14)12-1-3-13(4-2-12)18-15(22)9-11-5-7-23-8-6-11;/h1-4,11H,5-10,17H2,(H,18,22)(H,19,20,21);1H. The molecule has 1 aliphatic heterocycles. The molecule has 1 aromatic heterocycles. The molecule has 4 N–H and O–H groups in total. The van der Waals surface area contributed by atoms with Gasteiger partial charge in [-0.2, -0.15) is 5.10 Å². The average Bonchev–Trinajstić information content (AvgIpc) is 3.05. The molecular weight excluding hydrogens is 330 g/mol. The van der Waals surface area contributed by atoms with Crippen molar-refractivity contribution in [1.82, 2.24) is 15.2 Å². The molecule has 0 bridgehead atoms. The minimum atomic E-state index is 0. The number of carbonyl (C=O) groups is 1. The molecule has 1 aliphatic rings. The first-order valence-corrected chi connectivity index (χ1v) is 7.84. The van der Waals surface area contributed by atoms with Gasteiger partial charge < -0.3 is 15.8 Å². The number of ether oxygens (including phenoxy) is 1. The molecule has 1 aromatic carbocycles. The van der Waals surface area contributed by atoms with Gasteiger partial charge in [-0.25, -0.2) is 4.98 Å². The molecule has 0 atom stereocenters. The Kier molecular flexibility index (Phi) is 6.72. The van der Waals surface area contributed by atoms with Crippen LogP contribution in [0.25, 0.3) is 11.4 Å². The minimum absolute atomic E-state index is 0. The summed E-state index contributed by atoms with van der Waals surface area (Å²) in [6, 6.07) is 7.48. The molecule has 130 valence electrons. The number of rotatable bonds is 5. The van der Waals surface area contributed by atoms with Crippen molar-refractivity contribution in [2.75, 3.05) is 18.5 Å². The molecular formula is C16H22ClN5O2. The van der Waals surface area contributed by atoms with E-state index in [0.717, 1.165) is 37.3 Å². The van der Waals surface area contributed by atoms with Gasteiger partial charge in [0, 0.05) is 30.9 Å². The highest BCUT2D eigenvalue weighted by Gasteiger charge is 2.17. The van der Waals surface area contributed by atoms with E-state index in [2.05, 4.69) is 20.5 Å². The Balaban J connectivity index is 0.00000208. The van der Waals surface area contributed by atoms with Gasteiger partial charge in [0.05, 0.1) is 6.54 Å². The number of nitrogens with zero attached hydrogens (tertiary/aromatic N) is 2.